The standard InChI is InChI=1S/C42H42N8O2/c43-38(29-9-3-1-4-10-29)41(51)49-21-7-13-36(49)34-23-32(25-46-34)31-19-20-33(45-24-31)27-15-17-28(18-16-27)35-26-47-40(48-35)37-14-8-22-50(37)42(52)39(44)30-11-5-2-6-12-30/h1-6,9-12,15-20,24-26,36-39H,7-8,13-14,21-23,43-44H2,(H,47,48)/t36-,37-,38+,39+/m0/s1. The third kappa shape index (κ3) is 6.58. The molecule has 5 heterocycles. The fourth-order valence-electron chi connectivity index (χ4n) is 7.71. The molecule has 0 radical (unpaired) electrons. The van der Waals surface area contributed by atoms with Crippen molar-refractivity contribution in [1.29, 1.82) is 0 Å². The zero-order valence-electron chi connectivity index (χ0n) is 28.9. The van der Waals surface area contributed by atoms with Gasteiger partial charge >= 0.3 is 0 Å². The molecule has 3 aliphatic heterocycles. The molecular formula is C42H42N8O2. The van der Waals surface area contributed by atoms with Crippen LogP contribution in [-0.4, -0.2) is 61.4 Å². The molecule has 262 valence electrons. The van der Waals surface area contributed by atoms with Gasteiger partial charge in [0.15, 0.2) is 0 Å². The van der Waals surface area contributed by atoms with Crippen LogP contribution in [0, 0.1) is 0 Å². The molecule has 2 amide bonds. The summed E-state index contributed by atoms with van der Waals surface area (Å²) in [5, 5.41) is 0. The van der Waals surface area contributed by atoms with E-state index < -0.39 is 12.1 Å². The minimum atomic E-state index is -0.697. The average molecular weight is 691 g/mol. The van der Waals surface area contributed by atoms with Gasteiger partial charge in [0.2, 0.25) is 11.8 Å². The molecule has 0 bridgehead atoms. The number of amides is 2. The van der Waals surface area contributed by atoms with Gasteiger partial charge in [-0.25, -0.2) is 4.98 Å². The third-order valence-corrected chi connectivity index (χ3v) is 10.6. The van der Waals surface area contributed by atoms with Gasteiger partial charge < -0.3 is 26.3 Å². The Balaban J connectivity index is 0.891. The fourth-order valence-corrected chi connectivity index (χ4v) is 7.71. The van der Waals surface area contributed by atoms with E-state index in [0.29, 0.717) is 19.5 Å². The number of hydrogen-bond donors (Lipinski definition) is 3. The number of likely N-dealkylation sites (tertiary alicyclic amines) is 2. The van der Waals surface area contributed by atoms with Gasteiger partial charge in [-0.3, -0.25) is 19.6 Å². The first-order chi connectivity index (χ1) is 25.4. The Hall–Kier alpha value is -5.71. The largest absolute Gasteiger partial charge is 0.340 e. The molecule has 2 aromatic heterocycles. The molecule has 52 heavy (non-hydrogen) atoms. The predicted molar refractivity (Wildman–Crippen MR) is 202 cm³/mol. The van der Waals surface area contributed by atoms with Crippen LogP contribution in [-0.2, 0) is 9.59 Å². The molecule has 3 aliphatic rings. The van der Waals surface area contributed by atoms with E-state index in [4.69, 9.17) is 21.4 Å². The lowest BCUT2D eigenvalue weighted by molar-refractivity contribution is -0.134. The predicted octanol–water partition coefficient (Wildman–Crippen LogP) is 6.38. The second kappa shape index (κ2) is 14.5. The number of pyridine rings is 1. The monoisotopic (exact) mass is 690 g/mol. The number of H-pyrrole nitrogens is 1. The zero-order valence-corrected chi connectivity index (χ0v) is 28.9. The summed E-state index contributed by atoms with van der Waals surface area (Å²) in [7, 11) is 0. The molecule has 10 heteroatoms. The van der Waals surface area contributed by atoms with Crippen molar-refractivity contribution in [3.8, 4) is 22.5 Å². The van der Waals surface area contributed by atoms with Crippen molar-refractivity contribution in [3.63, 3.8) is 0 Å². The Labute approximate surface area is 303 Å². The van der Waals surface area contributed by atoms with Crippen LogP contribution in [0.4, 0.5) is 0 Å². The first kappa shape index (κ1) is 33.4. The van der Waals surface area contributed by atoms with E-state index in [1.54, 1.807) is 0 Å². The molecule has 2 saturated heterocycles. The highest BCUT2D eigenvalue weighted by molar-refractivity contribution is 6.03. The zero-order chi connectivity index (χ0) is 35.6. The number of nitrogens with two attached hydrogens (primary N) is 2. The van der Waals surface area contributed by atoms with Crippen LogP contribution >= 0.6 is 0 Å². The average Bonchev–Trinajstić information content (AvgIpc) is 4.04. The molecule has 3 aromatic carbocycles. The molecule has 4 atom stereocenters. The van der Waals surface area contributed by atoms with E-state index in [0.717, 1.165) is 82.0 Å². The van der Waals surface area contributed by atoms with Gasteiger partial charge in [0.05, 0.1) is 29.7 Å². The van der Waals surface area contributed by atoms with E-state index in [1.165, 1.54) is 0 Å². The summed E-state index contributed by atoms with van der Waals surface area (Å²) in [6.45, 7) is 1.36. The maximum Gasteiger partial charge on any atom is 0.244 e. The molecule has 8 rings (SSSR count). The van der Waals surface area contributed by atoms with Crippen LogP contribution in [0.1, 0.15) is 72.7 Å². The van der Waals surface area contributed by atoms with Crippen LogP contribution < -0.4 is 11.5 Å². The Bertz CT molecular complexity index is 2110. The summed E-state index contributed by atoms with van der Waals surface area (Å²) in [6.07, 6.45) is 9.91. The number of carbonyl (C=O) groups is 2. The smallest absolute Gasteiger partial charge is 0.244 e. The van der Waals surface area contributed by atoms with Crippen molar-refractivity contribution in [2.75, 3.05) is 13.1 Å². The lowest BCUT2D eigenvalue weighted by atomic mass is 9.98. The minimum Gasteiger partial charge on any atom is -0.340 e. The van der Waals surface area contributed by atoms with Gasteiger partial charge in [-0.1, -0.05) is 91.0 Å². The number of nitrogens with zero attached hydrogens (tertiary/aromatic N) is 5. The van der Waals surface area contributed by atoms with Gasteiger partial charge in [-0.15, -0.1) is 0 Å². The Morgan fingerprint density at radius 1 is 0.673 bits per heavy atom. The Morgan fingerprint density at radius 2 is 1.25 bits per heavy atom. The number of aliphatic imine (C=N–C) groups is 1. The van der Waals surface area contributed by atoms with Gasteiger partial charge in [-0.2, -0.15) is 0 Å². The molecular weight excluding hydrogens is 649 g/mol. The molecule has 2 fully saturated rings. The highest BCUT2D eigenvalue weighted by Gasteiger charge is 2.37. The fraction of sp³-hybridized carbons (Fsp3) is 0.262. The number of carbonyl (C=O) groups excluding carboxylic acids is 2. The molecule has 0 saturated carbocycles. The van der Waals surface area contributed by atoms with Crippen LogP contribution in [0.5, 0.6) is 0 Å². The molecule has 5 N–H and O–H groups in total. The highest BCUT2D eigenvalue weighted by Crippen LogP contribution is 2.35. The number of imidazole rings is 1. The number of hydrogen-bond acceptors (Lipinski definition) is 7. The number of benzene rings is 3. The normalized spacial score (nSPS) is 19.7. The number of allylic oxidation sites excluding steroid dienone is 1. The lowest BCUT2D eigenvalue weighted by Gasteiger charge is -2.28. The molecule has 0 spiro atoms. The second-order valence-electron chi connectivity index (χ2n) is 13.8. The topological polar surface area (TPSA) is 147 Å². The van der Waals surface area contributed by atoms with Crippen LogP contribution in [0.3, 0.4) is 0 Å². The highest BCUT2D eigenvalue weighted by atomic mass is 16.2. The Kier molecular flexibility index (Phi) is 9.32. The van der Waals surface area contributed by atoms with Crippen molar-refractivity contribution in [2.45, 2.75) is 56.3 Å². The summed E-state index contributed by atoms with van der Waals surface area (Å²) in [4.78, 5) is 48.3. The lowest BCUT2D eigenvalue weighted by Crippen LogP contribution is -2.44. The number of rotatable bonds is 9. The van der Waals surface area contributed by atoms with E-state index in [-0.39, 0.29) is 23.9 Å². The third-order valence-electron chi connectivity index (χ3n) is 10.6. The van der Waals surface area contributed by atoms with Crippen LogP contribution in [0.15, 0.2) is 121 Å². The summed E-state index contributed by atoms with van der Waals surface area (Å²) in [5.74, 6) is 0.647. The summed E-state index contributed by atoms with van der Waals surface area (Å²) in [6, 6.07) is 29.9. The summed E-state index contributed by atoms with van der Waals surface area (Å²) >= 11 is 0. The molecule has 0 aliphatic carbocycles. The molecule has 10 nitrogen and oxygen atoms in total. The van der Waals surface area contributed by atoms with Crippen molar-refractivity contribution < 1.29 is 9.59 Å². The van der Waals surface area contributed by atoms with E-state index in [9.17, 15) is 9.59 Å². The van der Waals surface area contributed by atoms with E-state index in [2.05, 4.69) is 40.3 Å². The van der Waals surface area contributed by atoms with E-state index >= 15 is 0 Å². The second-order valence-corrected chi connectivity index (χ2v) is 13.8. The maximum absolute atomic E-state index is 13.4. The van der Waals surface area contributed by atoms with Crippen molar-refractivity contribution >= 4 is 23.1 Å². The first-order valence-corrected chi connectivity index (χ1v) is 18.0. The number of nitrogens with one attached hydrogen (secondary N) is 1. The van der Waals surface area contributed by atoms with Crippen molar-refractivity contribution in [1.82, 2.24) is 24.8 Å². The maximum atomic E-state index is 13.4. The quantitative estimate of drug-likeness (QED) is 0.164. The van der Waals surface area contributed by atoms with Gasteiger partial charge in [-0.05, 0) is 59.6 Å². The minimum absolute atomic E-state index is 0.0368. The van der Waals surface area contributed by atoms with Gasteiger partial charge in [0.1, 0.15) is 17.9 Å². The Morgan fingerprint density at radius 3 is 1.87 bits per heavy atom. The van der Waals surface area contributed by atoms with Crippen molar-refractivity contribution in [2.24, 2.45) is 16.5 Å². The number of aromatic nitrogens is 3. The number of aromatic amines is 1. The van der Waals surface area contributed by atoms with E-state index in [1.807, 2.05) is 95.1 Å². The van der Waals surface area contributed by atoms with Crippen LogP contribution in [0.2, 0.25) is 0 Å². The summed E-state index contributed by atoms with van der Waals surface area (Å²) < 4.78 is 0. The van der Waals surface area contributed by atoms with Crippen molar-refractivity contribution in [3.05, 3.63) is 138 Å². The summed E-state index contributed by atoms with van der Waals surface area (Å²) in [5.41, 5.74) is 21.3. The van der Waals surface area contributed by atoms with Crippen LogP contribution in [0.25, 0.3) is 28.1 Å². The molecule has 5 aromatic rings. The molecule has 0 unspecified atom stereocenters. The van der Waals surface area contributed by atoms with Gasteiger partial charge in [0, 0.05) is 43.2 Å². The first-order valence-electron chi connectivity index (χ1n) is 18.0. The van der Waals surface area contributed by atoms with Gasteiger partial charge in [0.25, 0.3) is 0 Å². The SMILES string of the molecule is N[C@@H](C(=O)N1CCC[C@H]1C1=NC=C(c2ccc(-c3ccc(-c4cnc([C@@H]5CCCN5C(=O)[C@H](N)c5ccccc5)[nH]4)cc3)nc2)C1)c1ccccc1.